The van der Waals surface area contributed by atoms with E-state index in [1.807, 2.05) is 38.8 Å². The van der Waals surface area contributed by atoms with E-state index in [0.717, 1.165) is 34.7 Å². The number of ether oxygens (including phenoxy) is 1. The molecule has 0 radical (unpaired) electrons. The number of aromatic nitrogens is 1. The lowest BCUT2D eigenvalue weighted by Crippen LogP contribution is -2.14. The summed E-state index contributed by atoms with van der Waals surface area (Å²) in [4.78, 5) is 10.4. The third-order valence-corrected chi connectivity index (χ3v) is 4.62. The predicted molar refractivity (Wildman–Crippen MR) is 94.6 cm³/mol. The molecule has 0 amide bonds. The molecule has 0 bridgehead atoms. The second kappa shape index (κ2) is 7.31. The van der Waals surface area contributed by atoms with Gasteiger partial charge in [-0.2, -0.15) is 4.98 Å². The van der Waals surface area contributed by atoms with E-state index in [0.29, 0.717) is 15.3 Å². The van der Waals surface area contributed by atoms with Crippen LogP contribution in [0.3, 0.4) is 0 Å². The quantitative estimate of drug-likeness (QED) is 0.525. The smallest absolute Gasteiger partial charge is 0.281 e. The monoisotopic (exact) mass is 358 g/mol. The maximum atomic E-state index is 8.32. The van der Waals surface area contributed by atoms with Gasteiger partial charge in [-0.15, -0.1) is 0 Å². The van der Waals surface area contributed by atoms with Crippen molar-refractivity contribution in [1.82, 2.24) is 9.88 Å². The van der Waals surface area contributed by atoms with Crippen LogP contribution >= 0.6 is 34.5 Å². The molecule has 0 saturated heterocycles. The molecule has 7 heteroatoms. The van der Waals surface area contributed by atoms with Gasteiger partial charge in [0.15, 0.2) is 5.15 Å². The van der Waals surface area contributed by atoms with Gasteiger partial charge in [0.05, 0.1) is 13.4 Å². The molecular weight excluding hydrogens is 341 g/mol. The molecule has 2 aromatic rings. The number of rotatable bonds is 5. The Morgan fingerprint density at radius 2 is 2.18 bits per heavy atom. The standard InChI is InChI=1S/C15H17Cl2N3OS/c1-5-20(4)8-18-11-6-10(3)12(7-9(11)2)21-15-19-13(16)14(17)22-15/h6-8H,5H2,1-4H3/i7D. The number of hydrogen-bond acceptors (Lipinski definition) is 4. The van der Waals surface area contributed by atoms with Crippen LogP contribution in [0.25, 0.3) is 0 Å². The topological polar surface area (TPSA) is 37.7 Å². The Morgan fingerprint density at radius 1 is 1.45 bits per heavy atom. The van der Waals surface area contributed by atoms with Gasteiger partial charge in [0, 0.05) is 13.6 Å². The average molecular weight is 359 g/mol. The summed E-state index contributed by atoms with van der Waals surface area (Å²) >= 11 is 12.9. The van der Waals surface area contributed by atoms with E-state index < -0.39 is 0 Å². The molecule has 1 heterocycles. The maximum Gasteiger partial charge on any atom is 0.281 e. The SMILES string of the molecule is [2H]c1c(C)c(N=CN(C)CC)cc(C)c1Oc1nc(Cl)c(Cl)s1. The summed E-state index contributed by atoms with van der Waals surface area (Å²) in [5.74, 6) is 0.437. The van der Waals surface area contributed by atoms with Gasteiger partial charge in [0.1, 0.15) is 10.1 Å². The number of nitrogens with zero attached hydrogens (tertiary/aromatic N) is 3. The Balaban J connectivity index is 2.35. The van der Waals surface area contributed by atoms with Crippen LogP contribution in [0.2, 0.25) is 9.49 Å². The van der Waals surface area contributed by atoms with Crippen LogP contribution in [0.4, 0.5) is 5.69 Å². The van der Waals surface area contributed by atoms with Crippen LogP contribution < -0.4 is 4.74 Å². The van der Waals surface area contributed by atoms with E-state index in [9.17, 15) is 0 Å². The first-order valence-corrected chi connectivity index (χ1v) is 8.25. The van der Waals surface area contributed by atoms with E-state index in [2.05, 4.69) is 9.98 Å². The number of aliphatic imine (C=N–C) groups is 1. The van der Waals surface area contributed by atoms with Crippen molar-refractivity contribution in [3.8, 4) is 10.9 Å². The summed E-state index contributed by atoms with van der Waals surface area (Å²) in [5.41, 5.74) is 2.28. The van der Waals surface area contributed by atoms with Crippen molar-refractivity contribution in [2.24, 2.45) is 4.99 Å². The molecular formula is C15H17Cl2N3OS. The summed E-state index contributed by atoms with van der Waals surface area (Å²) in [6.07, 6.45) is 1.75. The van der Waals surface area contributed by atoms with Crippen molar-refractivity contribution in [2.75, 3.05) is 13.6 Å². The number of benzene rings is 1. The lowest BCUT2D eigenvalue weighted by Gasteiger charge is -2.11. The summed E-state index contributed by atoms with van der Waals surface area (Å²) < 4.78 is 14.4. The zero-order valence-electron chi connectivity index (χ0n) is 13.8. The van der Waals surface area contributed by atoms with Crippen LogP contribution in [0, 0.1) is 13.8 Å². The van der Waals surface area contributed by atoms with Gasteiger partial charge in [-0.05, 0) is 44.0 Å². The fraction of sp³-hybridized carbons (Fsp3) is 0.333. The van der Waals surface area contributed by atoms with Crippen LogP contribution in [-0.2, 0) is 0 Å². The van der Waals surface area contributed by atoms with Crippen molar-refractivity contribution >= 4 is 46.6 Å². The number of aryl methyl sites for hydroxylation is 1. The number of hydrogen-bond donors (Lipinski definition) is 0. The largest absolute Gasteiger partial charge is 0.431 e. The highest BCUT2D eigenvalue weighted by Crippen LogP contribution is 2.37. The molecule has 0 unspecified atom stereocenters. The number of halogens is 2. The van der Waals surface area contributed by atoms with Gasteiger partial charge in [0.25, 0.3) is 5.19 Å². The van der Waals surface area contributed by atoms with Gasteiger partial charge in [0.2, 0.25) is 0 Å². The second-order valence-electron chi connectivity index (χ2n) is 4.76. The van der Waals surface area contributed by atoms with E-state index >= 15 is 0 Å². The molecule has 1 aromatic carbocycles. The highest BCUT2D eigenvalue weighted by Gasteiger charge is 2.11. The fourth-order valence-electron chi connectivity index (χ4n) is 1.59. The van der Waals surface area contributed by atoms with Crippen LogP contribution in [-0.4, -0.2) is 29.8 Å². The van der Waals surface area contributed by atoms with Crippen molar-refractivity contribution in [2.45, 2.75) is 20.8 Å². The van der Waals surface area contributed by atoms with E-state index in [-0.39, 0.29) is 11.2 Å². The molecule has 22 heavy (non-hydrogen) atoms. The van der Waals surface area contributed by atoms with Gasteiger partial charge >= 0.3 is 0 Å². The summed E-state index contributed by atoms with van der Waals surface area (Å²) in [6.45, 7) is 6.62. The summed E-state index contributed by atoms with van der Waals surface area (Å²) in [7, 11) is 1.95. The summed E-state index contributed by atoms with van der Waals surface area (Å²) in [5, 5.41) is 0.523. The molecule has 0 spiro atoms. The van der Waals surface area contributed by atoms with Gasteiger partial charge in [-0.1, -0.05) is 34.5 Å². The maximum absolute atomic E-state index is 8.32. The minimum absolute atomic E-state index is 0.205. The fourth-order valence-corrected chi connectivity index (χ4v) is 2.62. The summed E-state index contributed by atoms with van der Waals surface area (Å²) in [6, 6.07) is 2.17. The zero-order chi connectivity index (χ0) is 17.1. The lowest BCUT2D eigenvalue weighted by atomic mass is 10.1. The van der Waals surface area contributed by atoms with Crippen molar-refractivity contribution in [1.29, 1.82) is 0 Å². The van der Waals surface area contributed by atoms with Crippen molar-refractivity contribution < 1.29 is 6.11 Å². The lowest BCUT2D eigenvalue weighted by molar-refractivity contribution is 0.475. The molecule has 0 atom stereocenters. The Bertz CT molecular complexity index is 729. The third-order valence-electron chi connectivity index (χ3n) is 3.01. The highest BCUT2D eigenvalue weighted by atomic mass is 35.5. The minimum Gasteiger partial charge on any atom is -0.431 e. The molecule has 0 aliphatic rings. The van der Waals surface area contributed by atoms with Gasteiger partial charge in [-0.25, -0.2) is 4.99 Å². The first kappa shape index (κ1) is 15.6. The van der Waals surface area contributed by atoms with E-state index in [1.54, 1.807) is 6.34 Å². The average Bonchev–Trinajstić information content (AvgIpc) is 2.83. The predicted octanol–water partition coefficient (Wildman–Crippen LogP) is 5.47. The van der Waals surface area contributed by atoms with Crippen molar-refractivity contribution in [3.63, 3.8) is 0 Å². The number of thiazole rings is 1. The van der Waals surface area contributed by atoms with Gasteiger partial charge in [-0.3, -0.25) is 0 Å². The zero-order valence-corrected chi connectivity index (χ0v) is 15.1. The molecule has 0 aliphatic carbocycles. The molecule has 0 N–H and O–H groups in total. The van der Waals surface area contributed by atoms with Crippen LogP contribution in [0.1, 0.15) is 19.4 Å². The highest BCUT2D eigenvalue weighted by molar-refractivity contribution is 7.18. The normalized spacial score (nSPS) is 11.8. The first-order chi connectivity index (χ1) is 10.8. The Kier molecular flexibility index (Phi) is 5.18. The second-order valence-corrected chi connectivity index (χ2v) is 6.68. The third kappa shape index (κ3) is 4.12. The molecule has 0 aliphatic heterocycles. The molecule has 0 saturated carbocycles. The van der Waals surface area contributed by atoms with Gasteiger partial charge < -0.3 is 9.64 Å². The molecule has 118 valence electrons. The first-order valence-electron chi connectivity index (χ1n) is 7.18. The van der Waals surface area contributed by atoms with Crippen LogP contribution in [0.5, 0.6) is 10.9 Å². The van der Waals surface area contributed by atoms with E-state index in [1.165, 1.54) is 0 Å². The Hall–Kier alpha value is -1.30. The van der Waals surface area contributed by atoms with Crippen molar-refractivity contribution in [3.05, 3.63) is 32.7 Å². The molecule has 2 rings (SSSR count). The van der Waals surface area contributed by atoms with E-state index in [4.69, 9.17) is 29.3 Å². The Labute approximate surface area is 145 Å². The molecule has 0 fully saturated rings. The minimum atomic E-state index is 0.205. The Morgan fingerprint density at radius 3 is 2.77 bits per heavy atom. The molecule has 4 nitrogen and oxygen atoms in total. The van der Waals surface area contributed by atoms with Crippen LogP contribution in [0.15, 0.2) is 17.1 Å². The molecule has 1 aromatic heterocycles.